The second kappa shape index (κ2) is 12.1. The van der Waals surface area contributed by atoms with E-state index in [1.54, 1.807) is 14.2 Å². The van der Waals surface area contributed by atoms with Gasteiger partial charge in [0.15, 0.2) is 0 Å². The molecule has 1 aromatic carbocycles. The Morgan fingerprint density at radius 3 is 2.18 bits per heavy atom. The van der Waals surface area contributed by atoms with Gasteiger partial charge >= 0.3 is 6.09 Å². The third-order valence-electron chi connectivity index (χ3n) is 4.33. The van der Waals surface area contributed by atoms with Gasteiger partial charge in [0, 0.05) is 6.04 Å². The van der Waals surface area contributed by atoms with Crippen LogP contribution in [0.1, 0.15) is 64.5 Å². The molecule has 0 aromatic heterocycles. The minimum atomic E-state index is -0.515. The second-order valence-corrected chi connectivity index (χ2v) is 8.56. The van der Waals surface area contributed by atoms with E-state index in [1.807, 2.05) is 33.8 Å². The number of rotatable bonds is 11. The van der Waals surface area contributed by atoms with Gasteiger partial charge in [0.1, 0.15) is 17.1 Å². The molecule has 5 nitrogen and oxygen atoms in total. The lowest BCUT2D eigenvalue weighted by molar-refractivity contribution is 0.0508. The van der Waals surface area contributed by atoms with Crippen LogP contribution in [0.3, 0.4) is 0 Å². The van der Waals surface area contributed by atoms with Crippen LogP contribution in [0, 0.1) is 0 Å². The lowest BCUT2D eigenvalue weighted by Crippen LogP contribution is -2.38. The molecule has 1 atom stereocenters. The number of hydrogen-bond donors (Lipinski definition) is 2. The molecule has 0 heterocycles. The van der Waals surface area contributed by atoms with Crippen LogP contribution in [0.2, 0.25) is 0 Å². The molecule has 0 saturated carbocycles. The number of thiol groups is 1. The molecule has 0 aliphatic carbocycles. The number of amides is 1. The summed E-state index contributed by atoms with van der Waals surface area (Å²) in [6.07, 6.45) is 5.83. The zero-order valence-corrected chi connectivity index (χ0v) is 19.2. The number of aryl methyl sites for hydroxylation is 1. The molecule has 1 rings (SSSR count). The van der Waals surface area contributed by atoms with Crippen molar-refractivity contribution in [3.8, 4) is 11.5 Å². The third-order valence-corrected chi connectivity index (χ3v) is 4.64. The summed E-state index contributed by atoms with van der Waals surface area (Å²) in [7, 11) is 3.37. The molecule has 0 radical (unpaired) electrons. The number of carbonyl (C=O) groups is 1. The number of alkyl carbamates (subject to hydrolysis) is 1. The zero-order chi connectivity index (χ0) is 21.2. The van der Waals surface area contributed by atoms with Crippen LogP contribution < -0.4 is 14.8 Å². The normalized spacial score (nSPS) is 12.4. The quantitative estimate of drug-likeness (QED) is 0.388. The van der Waals surface area contributed by atoms with Gasteiger partial charge in [0.2, 0.25) is 0 Å². The van der Waals surface area contributed by atoms with E-state index in [2.05, 4.69) is 24.0 Å². The SMILES string of the molecule is COc1cc(CC(C)NC(=O)OC(C)(C)C)c(OC)cc1CCCCCCS. The van der Waals surface area contributed by atoms with E-state index in [1.165, 1.54) is 12.8 Å². The van der Waals surface area contributed by atoms with Crippen LogP contribution in [0.25, 0.3) is 0 Å². The Morgan fingerprint density at radius 2 is 1.61 bits per heavy atom. The summed E-state index contributed by atoms with van der Waals surface area (Å²) in [5, 5.41) is 2.88. The fourth-order valence-corrected chi connectivity index (χ4v) is 3.27. The number of nitrogens with one attached hydrogen (secondary N) is 1. The first-order chi connectivity index (χ1) is 13.2. The van der Waals surface area contributed by atoms with Crippen molar-refractivity contribution >= 4 is 18.7 Å². The van der Waals surface area contributed by atoms with Gasteiger partial charge in [-0.2, -0.15) is 12.6 Å². The first kappa shape index (κ1) is 24.5. The van der Waals surface area contributed by atoms with Crippen LogP contribution in [0.5, 0.6) is 11.5 Å². The van der Waals surface area contributed by atoms with Crippen LogP contribution in [-0.4, -0.2) is 37.7 Å². The van der Waals surface area contributed by atoms with Gasteiger partial charge < -0.3 is 19.5 Å². The highest BCUT2D eigenvalue weighted by molar-refractivity contribution is 7.80. The molecule has 160 valence electrons. The molecule has 0 aliphatic heterocycles. The van der Waals surface area contributed by atoms with Crippen LogP contribution in [0.4, 0.5) is 4.79 Å². The molecule has 1 aromatic rings. The Bertz CT molecular complexity index is 613. The van der Waals surface area contributed by atoms with E-state index >= 15 is 0 Å². The van der Waals surface area contributed by atoms with E-state index in [0.29, 0.717) is 6.42 Å². The maximum absolute atomic E-state index is 12.0. The molecule has 28 heavy (non-hydrogen) atoms. The van der Waals surface area contributed by atoms with Crippen LogP contribution in [-0.2, 0) is 17.6 Å². The van der Waals surface area contributed by atoms with E-state index in [-0.39, 0.29) is 6.04 Å². The van der Waals surface area contributed by atoms with Gasteiger partial charge in [0.05, 0.1) is 14.2 Å². The fourth-order valence-electron chi connectivity index (χ4n) is 3.05. The Balaban J connectivity index is 2.79. The Kier molecular flexibility index (Phi) is 10.6. The highest BCUT2D eigenvalue weighted by Gasteiger charge is 2.19. The number of unbranched alkanes of at least 4 members (excludes halogenated alkanes) is 3. The molecule has 1 unspecified atom stereocenters. The number of methoxy groups -OCH3 is 2. The van der Waals surface area contributed by atoms with Crippen molar-refractivity contribution in [3.63, 3.8) is 0 Å². The van der Waals surface area contributed by atoms with E-state index < -0.39 is 11.7 Å². The molecular weight excluding hydrogens is 374 g/mol. The average Bonchev–Trinajstić information content (AvgIpc) is 2.60. The lowest BCUT2D eigenvalue weighted by Gasteiger charge is -2.22. The topological polar surface area (TPSA) is 56.8 Å². The number of hydrogen-bond acceptors (Lipinski definition) is 5. The summed E-state index contributed by atoms with van der Waals surface area (Å²) in [5.41, 5.74) is 1.64. The molecule has 0 spiro atoms. The highest BCUT2D eigenvalue weighted by atomic mass is 32.1. The van der Waals surface area contributed by atoms with E-state index in [4.69, 9.17) is 14.2 Å². The van der Waals surface area contributed by atoms with Crippen molar-refractivity contribution in [1.82, 2.24) is 5.32 Å². The Hall–Kier alpha value is -1.56. The molecule has 0 bridgehead atoms. The highest BCUT2D eigenvalue weighted by Crippen LogP contribution is 2.31. The van der Waals surface area contributed by atoms with Gasteiger partial charge in [-0.15, -0.1) is 0 Å². The van der Waals surface area contributed by atoms with E-state index in [0.717, 1.165) is 47.6 Å². The van der Waals surface area contributed by atoms with Crippen molar-refractivity contribution in [2.45, 2.75) is 77.9 Å². The molecule has 1 amide bonds. The smallest absolute Gasteiger partial charge is 0.407 e. The first-order valence-electron chi connectivity index (χ1n) is 10.0. The van der Waals surface area contributed by atoms with Crippen molar-refractivity contribution in [2.24, 2.45) is 0 Å². The Labute approximate surface area is 175 Å². The van der Waals surface area contributed by atoms with Crippen molar-refractivity contribution < 1.29 is 19.0 Å². The summed E-state index contributed by atoms with van der Waals surface area (Å²) < 4.78 is 16.5. The van der Waals surface area contributed by atoms with Crippen molar-refractivity contribution in [2.75, 3.05) is 20.0 Å². The largest absolute Gasteiger partial charge is 0.496 e. The second-order valence-electron chi connectivity index (χ2n) is 8.12. The van der Waals surface area contributed by atoms with Gasteiger partial charge in [0.25, 0.3) is 0 Å². The minimum absolute atomic E-state index is 0.0967. The summed E-state index contributed by atoms with van der Waals surface area (Å²) in [6, 6.07) is 3.99. The Morgan fingerprint density at radius 1 is 1.04 bits per heavy atom. The van der Waals surface area contributed by atoms with Crippen LogP contribution in [0.15, 0.2) is 12.1 Å². The third kappa shape index (κ3) is 9.09. The fraction of sp³-hybridized carbons (Fsp3) is 0.682. The van der Waals surface area contributed by atoms with Crippen molar-refractivity contribution in [1.29, 1.82) is 0 Å². The monoisotopic (exact) mass is 411 g/mol. The van der Waals surface area contributed by atoms with Crippen molar-refractivity contribution in [3.05, 3.63) is 23.3 Å². The summed E-state index contributed by atoms with van der Waals surface area (Å²) >= 11 is 4.26. The standard InChI is InChI=1S/C22H37NO4S/c1-16(23-21(24)27-22(2,3)4)13-18-15-19(25-5)17(14-20(18)26-6)11-9-7-8-10-12-28/h14-16,28H,7-13H2,1-6H3,(H,23,24). The number of carbonyl (C=O) groups excluding carboxylic acids is 1. The summed E-state index contributed by atoms with van der Waals surface area (Å²) in [4.78, 5) is 12.0. The molecule has 0 fully saturated rings. The predicted molar refractivity (Wildman–Crippen MR) is 118 cm³/mol. The number of benzene rings is 1. The first-order valence-corrected chi connectivity index (χ1v) is 10.7. The molecular formula is C22H37NO4S. The lowest BCUT2D eigenvalue weighted by atomic mass is 9.99. The predicted octanol–water partition coefficient (Wildman–Crippen LogP) is 5.19. The maximum atomic E-state index is 12.0. The minimum Gasteiger partial charge on any atom is -0.496 e. The molecule has 0 saturated heterocycles. The van der Waals surface area contributed by atoms with E-state index in [9.17, 15) is 4.79 Å². The van der Waals surface area contributed by atoms with Gasteiger partial charge in [-0.1, -0.05) is 12.8 Å². The summed E-state index contributed by atoms with van der Waals surface area (Å²) in [5.74, 6) is 2.64. The molecule has 1 N–H and O–H groups in total. The molecule has 6 heteroatoms. The molecule has 0 aliphatic rings. The average molecular weight is 412 g/mol. The summed E-state index contributed by atoms with van der Waals surface area (Å²) in [6.45, 7) is 7.50. The number of ether oxygens (including phenoxy) is 3. The van der Waals surface area contributed by atoms with Gasteiger partial charge in [-0.05, 0) is 82.4 Å². The maximum Gasteiger partial charge on any atom is 0.407 e. The van der Waals surface area contributed by atoms with Crippen LogP contribution >= 0.6 is 12.6 Å². The van der Waals surface area contributed by atoms with Gasteiger partial charge in [-0.25, -0.2) is 4.79 Å². The van der Waals surface area contributed by atoms with Gasteiger partial charge in [-0.3, -0.25) is 0 Å². The zero-order valence-electron chi connectivity index (χ0n) is 18.3.